The molecule has 5 aromatic rings. The number of nitrogens with zero attached hydrogens (tertiary/aromatic N) is 4. The average molecular weight is 829 g/mol. The summed E-state index contributed by atoms with van der Waals surface area (Å²) in [5.41, 5.74) is 5.93. The Hall–Kier alpha value is -6.18. The zero-order chi connectivity index (χ0) is 43.1. The van der Waals surface area contributed by atoms with Gasteiger partial charge in [-0.1, -0.05) is 83.1 Å². The van der Waals surface area contributed by atoms with Gasteiger partial charge in [-0.25, -0.2) is 19.6 Å². The van der Waals surface area contributed by atoms with Crippen molar-refractivity contribution in [3.05, 3.63) is 84.7 Å². The lowest BCUT2D eigenvalue weighted by molar-refractivity contribution is -0.139. The number of hydrogen-bond donors (Lipinski definition) is 4. The molecule has 61 heavy (non-hydrogen) atoms. The maximum absolute atomic E-state index is 14.0. The van der Waals surface area contributed by atoms with Crippen LogP contribution in [0.25, 0.3) is 44.4 Å². The lowest BCUT2D eigenvalue weighted by Gasteiger charge is -2.37. The van der Waals surface area contributed by atoms with E-state index in [4.69, 9.17) is 19.4 Å². The van der Waals surface area contributed by atoms with E-state index in [1.165, 1.54) is 14.2 Å². The minimum Gasteiger partial charge on any atom is -0.453 e. The van der Waals surface area contributed by atoms with Gasteiger partial charge in [-0.3, -0.25) is 9.59 Å². The van der Waals surface area contributed by atoms with Crippen molar-refractivity contribution in [1.29, 1.82) is 0 Å². The summed E-state index contributed by atoms with van der Waals surface area (Å²) in [4.78, 5) is 72.3. The molecule has 4 N–H and O–H groups in total. The molecule has 2 bridgehead atoms. The Morgan fingerprint density at radius 1 is 0.689 bits per heavy atom. The van der Waals surface area contributed by atoms with E-state index in [1.54, 1.807) is 0 Å². The van der Waals surface area contributed by atoms with Gasteiger partial charge in [0.2, 0.25) is 11.8 Å². The Balaban J connectivity index is 0.960. The molecule has 8 rings (SSSR count). The molecule has 2 saturated heterocycles. The number of fused-ring (bicyclic) bond motifs is 3. The van der Waals surface area contributed by atoms with Crippen LogP contribution in [0.15, 0.2) is 73.1 Å². The molecular formula is C47H56N8O6. The summed E-state index contributed by atoms with van der Waals surface area (Å²) in [5.74, 6) is 1.65. The van der Waals surface area contributed by atoms with Gasteiger partial charge in [-0.05, 0) is 89.0 Å². The molecule has 3 aliphatic rings. The Bertz CT molecular complexity index is 2420. The molecule has 3 fully saturated rings. The molecule has 1 saturated carbocycles. The van der Waals surface area contributed by atoms with E-state index < -0.39 is 24.3 Å². The van der Waals surface area contributed by atoms with E-state index in [0.717, 1.165) is 81.7 Å². The van der Waals surface area contributed by atoms with E-state index in [0.29, 0.717) is 12.5 Å². The smallest absolute Gasteiger partial charge is 0.407 e. The number of nitrogens with one attached hydrogen (secondary N) is 4. The van der Waals surface area contributed by atoms with E-state index >= 15 is 0 Å². The zero-order valence-electron chi connectivity index (χ0n) is 35.9. The first kappa shape index (κ1) is 41.5. The number of methoxy groups -OCH3 is 2. The molecule has 4 heterocycles. The number of alkyl carbamates (subject to hydrolysis) is 2. The number of rotatable bonds is 11. The van der Waals surface area contributed by atoms with Crippen LogP contribution in [0.4, 0.5) is 9.59 Å². The van der Waals surface area contributed by atoms with Crippen LogP contribution in [-0.4, -0.2) is 92.6 Å². The third-order valence-electron chi connectivity index (χ3n) is 12.9. The van der Waals surface area contributed by atoms with Crippen molar-refractivity contribution in [3.63, 3.8) is 0 Å². The van der Waals surface area contributed by atoms with Crippen LogP contribution in [0.3, 0.4) is 0 Å². The van der Waals surface area contributed by atoms with Crippen LogP contribution >= 0.6 is 0 Å². The summed E-state index contributed by atoms with van der Waals surface area (Å²) >= 11 is 0. The van der Waals surface area contributed by atoms with Crippen molar-refractivity contribution in [2.24, 2.45) is 23.7 Å². The lowest BCUT2D eigenvalue weighted by atomic mass is 9.95. The molecule has 3 aromatic carbocycles. The molecule has 1 aliphatic carbocycles. The Morgan fingerprint density at radius 2 is 1.23 bits per heavy atom. The lowest BCUT2D eigenvalue weighted by Crippen LogP contribution is -2.54. The molecule has 4 amide bonds. The number of ether oxygens (including phenoxy) is 2. The highest BCUT2D eigenvalue weighted by Crippen LogP contribution is 2.50. The number of H-pyrrole nitrogens is 2. The number of aromatic nitrogens is 4. The van der Waals surface area contributed by atoms with Crippen LogP contribution in [0, 0.1) is 23.7 Å². The van der Waals surface area contributed by atoms with Crippen LogP contribution in [0.2, 0.25) is 0 Å². The van der Waals surface area contributed by atoms with Crippen LogP contribution in [-0.2, 0) is 19.1 Å². The number of likely N-dealkylation sites (tertiary alicyclic amines) is 2. The summed E-state index contributed by atoms with van der Waals surface area (Å²) < 4.78 is 9.62. The molecule has 320 valence electrons. The van der Waals surface area contributed by atoms with Gasteiger partial charge in [0.1, 0.15) is 23.7 Å². The summed E-state index contributed by atoms with van der Waals surface area (Å²) in [7, 11) is 2.60. The number of amides is 4. The highest BCUT2D eigenvalue weighted by atomic mass is 16.5. The number of carbonyl (C=O) groups is 4. The summed E-state index contributed by atoms with van der Waals surface area (Å²) in [6.45, 7) is 10.4. The number of imidazole rings is 2. The van der Waals surface area contributed by atoms with Crippen molar-refractivity contribution in [2.45, 2.75) is 90.5 Å². The van der Waals surface area contributed by atoms with E-state index in [2.05, 4.69) is 88.2 Å². The summed E-state index contributed by atoms with van der Waals surface area (Å²) in [6.07, 6.45) is 6.14. The fourth-order valence-corrected chi connectivity index (χ4v) is 9.67. The van der Waals surface area contributed by atoms with Gasteiger partial charge in [0.05, 0.1) is 50.1 Å². The second-order valence-corrected chi connectivity index (χ2v) is 17.7. The molecule has 14 heteroatoms. The minimum absolute atomic E-state index is 0.0921. The third kappa shape index (κ3) is 8.19. The number of aromatic amines is 2. The quantitative estimate of drug-likeness (QED) is 0.104. The minimum atomic E-state index is -0.700. The van der Waals surface area contributed by atoms with Crippen molar-refractivity contribution in [2.75, 3.05) is 20.8 Å². The van der Waals surface area contributed by atoms with E-state index in [1.807, 2.05) is 49.9 Å². The molecule has 0 radical (unpaired) electrons. The fourth-order valence-electron chi connectivity index (χ4n) is 9.67. The molecule has 2 aliphatic heterocycles. The Kier molecular flexibility index (Phi) is 11.6. The summed E-state index contributed by atoms with van der Waals surface area (Å²) in [5, 5.41) is 7.68. The highest BCUT2D eigenvalue weighted by molar-refractivity contribution is 5.91. The first-order valence-corrected chi connectivity index (χ1v) is 21.4. The maximum Gasteiger partial charge on any atom is 0.407 e. The van der Waals surface area contributed by atoms with E-state index in [-0.39, 0.29) is 47.7 Å². The number of carbonyl (C=O) groups excluding carboxylic acids is 4. The SMILES string of the molecule is COC(=O)N[C@H](C(=O)N1C[C@@H](C)C[C@H]1c1ncc(-c2ccc3cc(-c4ccc(-c5cnc([C@@H]6[C@H]7CC[C@H](C7)N6C(=O)[C@@H](NC(=O)OC)C(C)C)[nH]5)cc4)ccc3c2)[nH]1)C(C)C. The fraction of sp³-hybridized carbons (Fsp3) is 0.447. The van der Waals surface area contributed by atoms with Gasteiger partial charge in [0.25, 0.3) is 0 Å². The molecule has 0 spiro atoms. The largest absolute Gasteiger partial charge is 0.453 e. The monoisotopic (exact) mass is 828 g/mol. The number of hydrogen-bond acceptors (Lipinski definition) is 8. The second-order valence-electron chi connectivity index (χ2n) is 17.7. The van der Waals surface area contributed by atoms with Crippen molar-refractivity contribution >= 4 is 34.8 Å². The van der Waals surface area contributed by atoms with Gasteiger partial charge in [-0.15, -0.1) is 0 Å². The molecule has 2 aromatic heterocycles. The first-order valence-electron chi connectivity index (χ1n) is 21.4. The van der Waals surface area contributed by atoms with Crippen LogP contribution in [0.5, 0.6) is 0 Å². The van der Waals surface area contributed by atoms with E-state index in [9.17, 15) is 19.2 Å². The normalized spacial score (nSPS) is 21.9. The number of benzene rings is 3. The van der Waals surface area contributed by atoms with Crippen molar-refractivity contribution in [3.8, 4) is 33.6 Å². The predicted octanol–water partition coefficient (Wildman–Crippen LogP) is 8.01. The molecule has 14 nitrogen and oxygen atoms in total. The van der Waals surface area contributed by atoms with Gasteiger partial charge >= 0.3 is 12.2 Å². The van der Waals surface area contributed by atoms with Crippen molar-refractivity contribution in [1.82, 2.24) is 40.4 Å². The van der Waals surface area contributed by atoms with Gasteiger partial charge in [0.15, 0.2) is 0 Å². The first-order chi connectivity index (χ1) is 29.3. The zero-order valence-corrected chi connectivity index (χ0v) is 35.9. The van der Waals surface area contributed by atoms with Gasteiger partial charge in [0, 0.05) is 18.2 Å². The van der Waals surface area contributed by atoms with Gasteiger partial charge in [-0.2, -0.15) is 0 Å². The van der Waals surface area contributed by atoms with Crippen LogP contribution < -0.4 is 10.6 Å². The Labute approximate surface area is 356 Å². The predicted molar refractivity (Wildman–Crippen MR) is 232 cm³/mol. The standard InChI is InChI=1S/C47H56N8O6/c1-25(2)39(52-46(58)60-6)44(56)54-24-27(5)18-38(54)42-48-23-37(50-42)33-15-14-31-19-30(12-13-32(31)20-33)28-8-10-29(11-9-28)36-22-49-43(51-36)41-34-16-17-35(21-34)55(41)45(57)40(26(3)4)53-47(59)61-7/h8-15,19-20,22-23,25-27,34-35,38-41H,16-18,21,24H2,1-7H3,(H,48,50)(H,49,51)(H,52,58)(H,53,59)/t27-,34-,35+,38-,39-,40-,41-/m0/s1. The highest BCUT2D eigenvalue weighted by Gasteiger charge is 2.51. The Morgan fingerprint density at radius 3 is 1.87 bits per heavy atom. The van der Waals surface area contributed by atoms with Crippen molar-refractivity contribution < 1.29 is 28.7 Å². The molecular weight excluding hydrogens is 773 g/mol. The summed E-state index contributed by atoms with van der Waals surface area (Å²) in [6, 6.07) is 19.6. The topological polar surface area (TPSA) is 175 Å². The molecule has 7 atom stereocenters. The molecule has 0 unspecified atom stereocenters. The maximum atomic E-state index is 14.0. The number of piperidine rings is 1. The second kappa shape index (κ2) is 17.1. The average Bonchev–Trinajstić information content (AvgIpc) is 4.13. The third-order valence-corrected chi connectivity index (χ3v) is 12.9. The van der Waals surface area contributed by atoms with Gasteiger partial charge < -0.3 is 39.9 Å². The van der Waals surface area contributed by atoms with Crippen LogP contribution in [0.1, 0.15) is 84.0 Å².